The number of rotatable bonds is 1. The molecule has 1 aromatic carbocycles. The van der Waals surface area contributed by atoms with Crippen LogP contribution in [-0.4, -0.2) is 22.8 Å². The van der Waals surface area contributed by atoms with Crippen LogP contribution in [0.3, 0.4) is 0 Å². The molecule has 1 N–H and O–H groups in total. The van der Waals surface area contributed by atoms with Crippen molar-refractivity contribution in [1.29, 1.82) is 0 Å². The van der Waals surface area contributed by atoms with Crippen LogP contribution in [0.25, 0.3) is 0 Å². The van der Waals surface area contributed by atoms with Gasteiger partial charge in [0.15, 0.2) is 11.6 Å². The summed E-state index contributed by atoms with van der Waals surface area (Å²) in [6.07, 6.45) is 0.335. The van der Waals surface area contributed by atoms with Gasteiger partial charge in [-0.1, -0.05) is 12.1 Å². The lowest BCUT2D eigenvalue weighted by Gasteiger charge is -2.20. The van der Waals surface area contributed by atoms with E-state index in [1.54, 1.807) is 6.92 Å². The zero-order valence-electron chi connectivity index (χ0n) is 10.1. The molecule has 1 atom stereocenters. The molecule has 0 saturated carbocycles. The van der Waals surface area contributed by atoms with Gasteiger partial charge in [-0.2, -0.15) is 0 Å². The average molecular weight is 230 g/mol. The molecular formula is C14H14O3. The minimum absolute atomic E-state index is 0.177. The van der Waals surface area contributed by atoms with Crippen LogP contribution in [0.5, 0.6) is 0 Å². The molecule has 3 nitrogen and oxygen atoms in total. The lowest BCUT2D eigenvalue weighted by atomic mass is 9.83. The van der Waals surface area contributed by atoms with E-state index >= 15 is 0 Å². The fourth-order valence-electron chi connectivity index (χ4n) is 2.15. The molecule has 0 fully saturated rings. The molecule has 1 aliphatic rings. The van der Waals surface area contributed by atoms with Crippen molar-refractivity contribution < 1.29 is 14.7 Å². The Balaban J connectivity index is 2.73. The molecule has 0 bridgehead atoms. The fourth-order valence-corrected chi connectivity index (χ4v) is 2.15. The predicted octanol–water partition coefficient (Wildman–Crippen LogP) is 1.99. The second kappa shape index (κ2) is 3.93. The Labute approximate surface area is 99.8 Å². The van der Waals surface area contributed by atoms with Gasteiger partial charge in [0.25, 0.3) is 0 Å². The van der Waals surface area contributed by atoms with E-state index in [4.69, 9.17) is 0 Å². The average Bonchev–Trinajstić information content (AvgIpc) is 2.26. The third-order valence-electron chi connectivity index (χ3n) is 3.09. The Kier molecular flexibility index (Phi) is 2.71. The third kappa shape index (κ3) is 1.72. The summed E-state index contributed by atoms with van der Waals surface area (Å²) in [7, 11) is 0. The summed E-state index contributed by atoms with van der Waals surface area (Å²) in [5.74, 6) is -0.437. The first-order valence-electron chi connectivity index (χ1n) is 5.52. The summed E-state index contributed by atoms with van der Waals surface area (Å²) in [5.41, 5.74) is 2.66. The Morgan fingerprint density at radius 3 is 2.12 bits per heavy atom. The van der Waals surface area contributed by atoms with Crippen LogP contribution in [0.1, 0.15) is 38.8 Å². The number of fused-ring (bicyclic) bond motifs is 1. The number of carbonyl (C=O) groups is 2. The summed E-state index contributed by atoms with van der Waals surface area (Å²) >= 11 is 0. The smallest absolute Gasteiger partial charge is 0.192 e. The summed E-state index contributed by atoms with van der Waals surface area (Å²) in [6, 6.07) is 3.66. The van der Waals surface area contributed by atoms with Crippen molar-refractivity contribution in [3.8, 4) is 0 Å². The lowest BCUT2D eigenvalue weighted by Crippen LogP contribution is -2.25. The zero-order valence-corrected chi connectivity index (χ0v) is 10.1. The number of ketones is 2. The first-order valence-corrected chi connectivity index (χ1v) is 5.52. The van der Waals surface area contributed by atoms with E-state index in [1.807, 2.05) is 19.1 Å². The zero-order chi connectivity index (χ0) is 12.7. The van der Waals surface area contributed by atoms with Crippen molar-refractivity contribution in [3.05, 3.63) is 46.0 Å². The molecule has 88 valence electrons. The monoisotopic (exact) mass is 230 g/mol. The topological polar surface area (TPSA) is 54.4 Å². The van der Waals surface area contributed by atoms with Gasteiger partial charge in [0.2, 0.25) is 0 Å². The number of benzene rings is 1. The van der Waals surface area contributed by atoms with Crippen molar-refractivity contribution in [1.82, 2.24) is 0 Å². The number of Topliss-reactive ketones (excluding diaryl/α,β-unsaturated/α-hetero) is 1. The maximum Gasteiger partial charge on any atom is 0.192 e. The van der Waals surface area contributed by atoms with Gasteiger partial charge < -0.3 is 5.11 Å². The molecular weight excluding hydrogens is 216 g/mol. The summed E-state index contributed by atoms with van der Waals surface area (Å²) in [5, 5.41) is 9.51. The first-order chi connectivity index (χ1) is 7.93. The normalized spacial score (nSPS) is 16.6. The lowest BCUT2D eigenvalue weighted by molar-refractivity contribution is 0.0952. The van der Waals surface area contributed by atoms with E-state index in [9.17, 15) is 14.7 Å². The highest BCUT2D eigenvalue weighted by molar-refractivity contribution is 6.25. The van der Waals surface area contributed by atoms with Gasteiger partial charge in [-0.3, -0.25) is 9.59 Å². The fraction of sp³-hybridized carbons (Fsp3) is 0.286. The predicted molar refractivity (Wildman–Crippen MR) is 64.3 cm³/mol. The second-order valence-electron chi connectivity index (χ2n) is 4.42. The summed E-state index contributed by atoms with van der Waals surface area (Å²) in [6.45, 7) is 5.10. The molecule has 0 aliphatic heterocycles. The maximum absolute atomic E-state index is 12.2. The number of aliphatic hydroxyl groups excluding tert-OH is 1. The molecule has 0 radical (unpaired) electrons. The van der Waals surface area contributed by atoms with Gasteiger partial charge in [-0.15, -0.1) is 0 Å². The number of hydrogen-bond donors (Lipinski definition) is 1. The van der Waals surface area contributed by atoms with E-state index in [2.05, 4.69) is 0 Å². The molecule has 0 saturated heterocycles. The van der Waals surface area contributed by atoms with Gasteiger partial charge >= 0.3 is 0 Å². The van der Waals surface area contributed by atoms with E-state index in [1.165, 1.54) is 13.0 Å². The molecule has 3 heteroatoms. The standard InChI is InChI=1S/C14H14O3/c1-7-4-5-8(2)13-12(7)11(16)6-10(9(3)15)14(13)17/h4-6,9,15H,1-3H3. The van der Waals surface area contributed by atoms with Crippen molar-refractivity contribution in [2.45, 2.75) is 26.9 Å². The van der Waals surface area contributed by atoms with Crippen LogP contribution in [0.2, 0.25) is 0 Å². The van der Waals surface area contributed by atoms with E-state index < -0.39 is 6.10 Å². The van der Waals surface area contributed by atoms with Gasteiger partial charge in [-0.25, -0.2) is 0 Å². The van der Waals surface area contributed by atoms with E-state index in [0.29, 0.717) is 11.1 Å². The van der Waals surface area contributed by atoms with Gasteiger partial charge in [0, 0.05) is 16.7 Å². The molecule has 0 spiro atoms. The summed E-state index contributed by atoms with van der Waals surface area (Å²) < 4.78 is 0. The number of hydrogen-bond acceptors (Lipinski definition) is 3. The van der Waals surface area contributed by atoms with Crippen LogP contribution in [0.4, 0.5) is 0 Å². The number of aliphatic hydroxyl groups is 1. The van der Waals surface area contributed by atoms with Gasteiger partial charge in [0.05, 0.1) is 6.10 Å². The number of allylic oxidation sites excluding steroid dienone is 1. The number of carbonyl (C=O) groups excluding carboxylic acids is 2. The molecule has 0 aromatic heterocycles. The third-order valence-corrected chi connectivity index (χ3v) is 3.09. The summed E-state index contributed by atoms with van der Waals surface area (Å²) in [4.78, 5) is 24.2. The van der Waals surface area contributed by atoms with Gasteiger partial charge in [0.1, 0.15) is 0 Å². The minimum Gasteiger partial charge on any atom is -0.389 e. The molecule has 1 aliphatic carbocycles. The van der Waals surface area contributed by atoms with Crippen molar-refractivity contribution in [3.63, 3.8) is 0 Å². The Morgan fingerprint density at radius 2 is 1.59 bits per heavy atom. The molecule has 2 rings (SSSR count). The highest BCUT2D eigenvalue weighted by Gasteiger charge is 2.30. The van der Waals surface area contributed by atoms with Crippen molar-refractivity contribution >= 4 is 11.6 Å². The second-order valence-corrected chi connectivity index (χ2v) is 4.42. The molecule has 17 heavy (non-hydrogen) atoms. The van der Waals surface area contributed by atoms with Gasteiger partial charge in [-0.05, 0) is 38.0 Å². The van der Waals surface area contributed by atoms with E-state index in [0.717, 1.165) is 11.1 Å². The van der Waals surface area contributed by atoms with Crippen molar-refractivity contribution in [2.24, 2.45) is 0 Å². The number of aryl methyl sites for hydroxylation is 2. The Bertz CT molecular complexity index is 551. The SMILES string of the molecule is Cc1ccc(C)c2c1C(=O)C=C(C(C)O)C2=O. The molecule has 1 unspecified atom stereocenters. The molecule has 1 aromatic rings. The Hall–Kier alpha value is -1.74. The van der Waals surface area contributed by atoms with Crippen LogP contribution < -0.4 is 0 Å². The first kappa shape index (κ1) is 11.7. The van der Waals surface area contributed by atoms with Crippen LogP contribution in [0, 0.1) is 13.8 Å². The van der Waals surface area contributed by atoms with Crippen molar-refractivity contribution in [2.75, 3.05) is 0 Å². The maximum atomic E-state index is 12.2. The minimum atomic E-state index is -0.917. The molecule has 0 amide bonds. The Morgan fingerprint density at radius 1 is 1.06 bits per heavy atom. The van der Waals surface area contributed by atoms with Crippen LogP contribution in [0.15, 0.2) is 23.8 Å². The highest BCUT2D eigenvalue weighted by Crippen LogP contribution is 2.28. The van der Waals surface area contributed by atoms with Crippen LogP contribution >= 0.6 is 0 Å². The quantitative estimate of drug-likeness (QED) is 0.802. The van der Waals surface area contributed by atoms with E-state index in [-0.39, 0.29) is 17.1 Å². The van der Waals surface area contributed by atoms with Crippen LogP contribution in [-0.2, 0) is 0 Å². The molecule has 0 heterocycles. The largest absolute Gasteiger partial charge is 0.389 e. The highest BCUT2D eigenvalue weighted by atomic mass is 16.3.